The fraction of sp³-hybridized carbons (Fsp3) is 0.0741. The van der Waals surface area contributed by atoms with E-state index in [2.05, 4.69) is 15.8 Å². The molecular weight excluding hydrogens is 430 g/mol. The second-order valence-corrected chi connectivity index (χ2v) is 7.49. The van der Waals surface area contributed by atoms with E-state index in [0.29, 0.717) is 22.6 Å². The predicted octanol–water partition coefficient (Wildman–Crippen LogP) is 4.39. The molecule has 1 aliphatic heterocycles. The molecule has 0 aliphatic carbocycles. The minimum atomic E-state index is -0.564. The molecule has 2 amide bonds. The van der Waals surface area contributed by atoms with Gasteiger partial charge >= 0.3 is 0 Å². The molecule has 0 aromatic heterocycles. The lowest BCUT2D eigenvalue weighted by atomic mass is 10.1. The number of nitrogens with zero attached hydrogens (tertiary/aromatic N) is 1. The van der Waals surface area contributed by atoms with Crippen molar-refractivity contribution in [3.63, 3.8) is 0 Å². The van der Waals surface area contributed by atoms with E-state index in [1.54, 1.807) is 54.8 Å². The van der Waals surface area contributed by atoms with Gasteiger partial charge in [-0.2, -0.15) is 5.10 Å². The summed E-state index contributed by atoms with van der Waals surface area (Å²) in [4.78, 5) is 25.6. The Morgan fingerprint density at radius 1 is 0.853 bits per heavy atom. The number of carbonyl (C=O) groups excluding carboxylic acids is 2. The van der Waals surface area contributed by atoms with Crippen molar-refractivity contribution in [3.05, 3.63) is 107 Å². The first-order valence-electron chi connectivity index (χ1n) is 10.6. The number of carbonyl (C=O) groups is 2. The van der Waals surface area contributed by atoms with Gasteiger partial charge in [0.05, 0.1) is 6.21 Å². The van der Waals surface area contributed by atoms with Gasteiger partial charge in [0.1, 0.15) is 5.70 Å². The lowest BCUT2D eigenvalue weighted by Crippen LogP contribution is -2.32. The van der Waals surface area contributed by atoms with Gasteiger partial charge in [-0.3, -0.25) is 9.59 Å². The second-order valence-electron chi connectivity index (χ2n) is 7.49. The summed E-state index contributed by atoms with van der Waals surface area (Å²) in [5, 5.41) is 6.71. The highest BCUT2D eigenvalue weighted by molar-refractivity contribution is 6.05. The number of amides is 2. The summed E-state index contributed by atoms with van der Waals surface area (Å²) in [6.07, 6.45) is 5.04. The highest BCUT2D eigenvalue weighted by atomic mass is 16.7. The lowest BCUT2D eigenvalue weighted by Gasteiger charge is -2.09. The molecule has 2 N–H and O–H groups in total. The summed E-state index contributed by atoms with van der Waals surface area (Å²) >= 11 is 0. The van der Waals surface area contributed by atoms with Crippen molar-refractivity contribution in [3.8, 4) is 11.5 Å². The number of ether oxygens (including phenoxy) is 2. The first-order valence-corrected chi connectivity index (χ1v) is 10.6. The van der Waals surface area contributed by atoms with Crippen molar-refractivity contribution < 1.29 is 19.1 Å². The van der Waals surface area contributed by atoms with E-state index in [9.17, 15) is 9.59 Å². The Morgan fingerprint density at radius 3 is 2.32 bits per heavy atom. The van der Waals surface area contributed by atoms with Gasteiger partial charge in [0.2, 0.25) is 6.79 Å². The maximum Gasteiger partial charge on any atom is 0.287 e. The van der Waals surface area contributed by atoms with Crippen LogP contribution in [0.5, 0.6) is 11.5 Å². The fourth-order valence-corrected chi connectivity index (χ4v) is 3.21. The molecule has 170 valence electrons. The number of rotatable bonds is 7. The molecular formula is C27H23N3O4. The van der Waals surface area contributed by atoms with Crippen LogP contribution in [0.15, 0.2) is 95.2 Å². The molecule has 0 saturated carbocycles. The van der Waals surface area contributed by atoms with Crippen LogP contribution in [0.2, 0.25) is 0 Å². The molecule has 0 fully saturated rings. The number of hydrazone groups is 1. The normalized spacial score (nSPS) is 13.1. The van der Waals surface area contributed by atoms with Crippen LogP contribution in [0, 0.1) is 0 Å². The molecule has 0 spiro atoms. The van der Waals surface area contributed by atoms with Gasteiger partial charge in [-0.05, 0) is 54.0 Å². The summed E-state index contributed by atoms with van der Waals surface area (Å²) in [5.41, 5.74) is 5.48. The van der Waals surface area contributed by atoms with Gasteiger partial charge in [0.15, 0.2) is 11.5 Å². The van der Waals surface area contributed by atoms with Crippen molar-refractivity contribution in [1.29, 1.82) is 0 Å². The van der Waals surface area contributed by atoms with Gasteiger partial charge < -0.3 is 14.8 Å². The van der Waals surface area contributed by atoms with Crippen LogP contribution in [0.3, 0.4) is 0 Å². The van der Waals surface area contributed by atoms with Crippen molar-refractivity contribution in [2.24, 2.45) is 5.10 Å². The van der Waals surface area contributed by atoms with Crippen LogP contribution < -0.4 is 20.2 Å². The van der Waals surface area contributed by atoms with Gasteiger partial charge in [0.25, 0.3) is 11.8 Å². The summed E-state index contributed by atoms with van der Waals surface area (Å²) < 4.78 is 10.7. The Hall–Kier alpha value is -4.65. The first-order chi connectivity index (χ1) is 16.6. The number of allylic oxidation sites excluding steroid dienone is 1. The minimum Gasteiger partial charge on any atom is -0.454 e. The molecule has 0 radical (unpaired) electrons. The van der Waals surface area contributed by atoms with Crippen LogP contribution in [-0.2, 0) is 4.79 Å². The van der Waals surface area contributed by atoms with Gasteiger partial charge in [-0.15, -0.1) is 0 Å². The lowest BCUT2D eigenvalue weighted by molar-refractivity contribution is -0.117. The molecule has 4 rings (SSSR count). The second kappa shape index (κ2) is 10.8. The average Bonchev–Trinajstić information content (AvgIpc) is 3.32. The van der Waals surface area contributed by atoms with E-state index < -0.39 is 11.8 Å². The number of hydrogen-bond acceptors (Lipinski definition) is 5. The molecule has 1 aliphatic rings. The Labute approximate surface area is 197 Å². The molecule has 0 bridgehead atoms. The molecule has 0 saturated heterocycles. The Morgan fingerprint density at radius 2 is 1.56 bits per heavy atom. The minimum absolute atomic E-state index is 0.0366. The third-order valence-electron chi connectivity index (χ3n) is 4.86. The van der Waals surface area contributed by atoms with Gasteiger partial charge in [0, 0.05) is 5.56 Å². The SMILES string of the molecule is C/C(C=NNC(=O)/C(=C/c1ccc2c(c1)OCO2)NC(=O)c1ccccc1)=C/c1ccccc1. The average molecular weight is 453 g/mol. The largest absolute Gasteiger partial charge is 0.454 e. The third kappa shape index (κ3) is 5.98. The molecule has 3 aromatic rings. The monoisotopic (exact) mass is 453 g/mol. The maximum atomic E-state index is 12.9. The summed E-state index contributed by atoms with van der Waals surface area (Å²) in [5.74, 6) is 0.224. The zero-order valence-electron chi connectivity index (χ0n) is 18.5. The fourth-order valence-electron chi connectivity index (χ4n) is 3.21. The zero-order valence-corrected chi connectivity index (χ0v) is 18.5. The number of hydrogen-bond donors (Lipinski definition) is 2. The van der Waals surface area contributed by atoms with Gasteiger partial charge in [-0.25, -0.2) is 5.43 Å². The third-order valence-corrected chi connectivity index (χ3v) is 4.86. The summed E-state index contributed by atoms with van der Waals surface area (Å²) in [6.45, 7) is 2.02. The standard InChI is InChI=1S/C27H23N3O4/c1-19(14-20-8-4-2-5-9-20)17-28-30-27(32)23(29-26(31)22-10-6-3-7-11-22)15-21-12-13-24-25(16-21)34-18-33-24/h2-17H,18H2,1H3,(H,29,31)(H,30,32)/b19-14-,23-15-,28-17?. The zero-order chi connectivity index (χ0) is 23.8. The van der Waals surface area contributed by atoms with E-state index in [0.717, 1.165) is 11.1 Å². The maximum absolute atomic E-state index is 12.9. The molecule has 1 heterocycles. The van der Waals surface area contributed by atoms with Crippen molar-refractivity contribution in [2.45, 2.75) is 6.92 Å². The smallest absolute Gasteiger partial charge is 0.287 e. The topological polar surface area (TPSA) is 89.0 Å². The van der Waals surface area contributed by atoms with Crippen molar-refractivity contribution in [1.82, 2.24) is 10.7 Å². The van der Waals surface area contributed by atoms with Crippen LogP contribution >= 0.6 is 0 Å². The number of benzene rings is 3. The molecule has 3 aromatic carbocycles. The van der Waals surface area contributed by atoms with Crippen molar-refractivity contribution >= 4 is 30.2 Å². The van der Waals surface area contributed by atoms with E-state index >= 15 is 0 Å². The Bertz CT molecular complexity index is 1270. The summed E-state index contributed by atoms with van der Waals surface area (Å²) in [7, 11) is 0. The number of fused-ring (bicyclic) bond motifs is 1. The molecule has 0 atom stereocenters. The van der Waals surface area contributed by atoms with E-state index in [1.807, 2.05) is 49.4 Å². The Kier molecular flexibility index (Phi) is 7.15. The molecule has 34 heavy (non-hydrogen) atoms. The Balaban J connectivity index is 1.52. The highest BCUT2D eigenvalue weighted by Crippen LogP contribution is 2.33. The van der Waals surface area contributed by atoms with Crippen molar-refractivity contribution in [2.75, 3.05) is 6.79 Å². The molecule has 0 unspecified atom stereocenters. The van der Waals surface area contributed by atoms with E-state index in [4.69, 9.17) is 9.47 Å². The van der Waals surface area contributed by atoms with E-state index in [1.165, 1.54) is 0 Å². The first kappa shape index (κ1) is 22.5. The molecule has 7 heteroatoms. The quantitative estimate of drug-likeness (QED) is 0.315. The van der Waals surface area contributed by atoms with Crippen LogP contribution in [-0.4, -0.2) is 24.8 Å². The predicted molar refractivity (Wildman–Crippen MR) is 131 cm³/mol. The molecule has 7 nitrogen and oxygen atoms in total. The van der Waals surface area contributed by atoms with Gasteiger partial charge in [-0.1, -0.05) is 60.7 Å². The summed E-state index contributed by atoms with van der Waals surface area (Å²) in [6, 6.07) is 23.7. The van der Waals surface area contributed by atoms with Crippen LogP contribution in [0.4, 0.5) is 0 Å². The highest BCUT2D eigenvalue weighted by Gasteiger charge is 2.16. The number of nitrogens with one attached hydrogen (secondary N) is 2. The van der Waals surface area contributed by atoms with Crippen LogP contribution in [0.1, 0.15) is 28.4 Å². The van der Waals surface area contributed by atoms with Crippen LogP contribution in [0.25, 0.3) is 12.2 Å². The van der Waals surface area contributed by atoms with E-state index in [-0.39, 0.29) is 12.5 Å².